The molecule has 0 aliphatic carbocycles. The number of hydrogen-bond acceptors (Lipinski definition) is 10. The van der Waals surface area contributed by atoms with Crippen LogP contribution in [-0.2, 0) is 42.2 Å². The summed E-state index contributed by atoms with van der Waals surface area (Å²) < 4.78 is 39.4. The molecule has 0 saturated heterocycles. The topological polar surface area (TPSA) is 155 Å². The number of phosphoric acid groups is 1. The molecule has 2 N–H and O–H groups in total. The molecule has 0 saturated carbocycles. The normalized spacial score (nSPS) is 13.5. The zero-order valence-corrected chi connectivity index (χ0v) is 43.8. The van der Waals surface area contributed by atoms with Crippen LogP contribution in [0, 0.1) is 0 Å². The van der Waals surface area contributed by atoms with Crippen molar-refractivity contribution in [3.63, 3.8) is 0 Å². The van der Waals surface area contributed by atoms with E-state index < -0.39 is 57.8 Å². The number of unbranched alkanes of at least 4 members (excludes halogenated alkanes) is 33. The van der Waals surface area contributed by atoms with Gasteiger partial charge in [0.05, 0.1) is 19.8 Å². The second-order valence-corrected chi connectivity index (χ2v) is 20.2. The number of ether oxygens (including phenoxy) is 3. The van der Waals surface area contributed by atoms with Crippen molar-refractivity contribution in [2.75, 3.05) is 26.4 Å². The molecule has 66 heavy (non-hydrogen) atoms. The van der Waals surface area contributed by atoms with Gasteiger partial charge in [-0.2, -0.15) is 0 Å². The second-order valence-electron chi connectivity index (χ2n) is 18.8. The average molecular weight is 959 g/mol. The molecule has 3 atom stereocenters. The fraction of sp³-hybridized carbons (Fsp3) is 0.907. The maximum Gasteiger partial charge on any atom is 0.472 e. The van der Waals surface area contributed by atoms with Crippen molar-refractivity contribution in [2.24, 2.45) is 0 Å². The van der Waals surface area contributed by atoms with E-state index >= 15 is 0 Å². The number of aliphatic hydroxyl groups is 1. The molecule has 0 aromatic heterocycles. The van der Waals surface area contributed by atoms with Gasteiger partial charge < -0.3 is 24.2 Å². The Balaban J connectivity index is 4.68. The zero-order chi connectivity index (χ0) is 48.4. The summed E-state index contributed by atoms with van der Waals surface area (Å²) in [5.41, 5.74) is 0. The number of phosphoric ester groups is 1. The van der Waals surface area contributed by atoms with Gasteiger partial charge in [-0.05, 0) is 44.9 Å². The van der Waals surface area contributed by atoms with Crippen LogP contribution in [0.1, 0.15) is 278 Å². The smallest absolute Gasteiger partial charge is 0.462 e. The Morgan fingerprint density at radius 1 is 0.409 bits per heavy atom. The Labute approximate surface area is 405 Å². The molecular weight excluding hydrogens is 856 g/mol. The summed E-state index contributed by atoms with van der Waals surface area (Å²) in [7, 11) is -4.73. The fourth-order valence-electron chi connectivity index (χ4n) is 7.94. The van der Waals surface area contributed by atoms with E-state index in [-0.39, 0.29) is 25.9 Å². The van der Waals surface area contributed by atoms with Gasteiger partial charge in [-0.25, -0.2) is 4.57 Å². The van der Waals surface area contributed by atoms with Gasteiger partial charge in [-0.15, -0.1) is 0 Å². The van der Waals surface area contributed by atoms with Gasteiger partial charge in [0.1, 0.15) is 12.7 Å². The summed E-state index contributed by atoms with van der Waals surface area (Å²) >= 11 is 0. The third kappa shape index (κ3) is 47.3. The Bertz CT molecular complexity index is 1160. The van der Waals surface area contributed by atoms with Crippen LogP contribution < -0.4 is 0 Å². The molecule has 11 nitrogen and oxygen atoms in total. The molecule has 0 aromatic rings. The molecule has 3 unspecified atom stereocenters. The van der Waals surface area contributed by atoms with Crippen LogP contribution in [0.15, 0.2) is 12.2 Å². The number of rotatable bonds is 52. The third-order valence-electron chi connectivity index (χ3n) is 12.2. The molecule has 0 spiro atoms. The van der Waals surface area contributed by atoms with Gasteiger partial charge in [-0.3, -0.25) is 23.4 Å². The number of hydrogen-bond donors (Lipinski definition) is 2. The van der Waals surface area contributed by atoms with Crippen molar-refractivity contribution in [1.29, 1.82) is 0 Å². The van der Waals surface area contributed by atoms with Crippen molar-refractivity contribution in [2.45, 2.75) is 290 Å². The van der Waals surface area contributed by atoms with Crippen molar-refractivity contribution in [1.82, 2.24) is 0 Å². The first-order valence-electron chi connectivity index (χ1n) is 27.6. The van der Waals surface area contributed by atoms with Crippen LogP contribution in [0.5, 0.6) is 0 Å². The van der Waals surface area contributed by atoms with Gasteiger partial charge in [0.25, 0.3) is 0 Å². The van der Waals surface area contributed by atoms with Gasteiger partial charge >= 0.3 is 25.7 Å². The van der Waals surface area contributed by atoms with E-state index in [1.54, 1.807) is 0 Å². The molecule has 0 aliphatic rings. The maximum atomic E-state index is 12.8. The molecule has 0 amide bonds. The predicted molar refractivity (Wildman–Crippen MR) is 270 cm³/mol. The van der Waals surface area contributed by atoms with E-state index in [4.69, 9.17) is 23.3 Å². The van der Waals surface area contributed by atoms with Gasteiger partial charge in [0.2, 0.25) is 0 Å². The van der Waals surface area contributed by atoms with E-state index in [0.29, 0.717) is 19.3 Å². The molecule has 0 bridgehead atoms. The molecule has 0 fully saturated rings. The van der Waals surface area contributed by atoms with Gasteiger partial charge in [0.15, 0.2) is 6.10 Å². The first-order chi connectivity index (χ1) is 32.2. The van der Waals surface area contributed by atoms with E-state index in [2.05, 4.69) is 32.9 Å². The molecule has 0 rings (SSSR count). The Hall–Kier alpha value is -1.78. The highest BCUT2D eigenvalue weighted by Gasteiger charge is 2.28. The van der Waals surface area contributed by atoms with Crippen molar-refractivity contribution < 1.29 is 52.2 Å². The predicted octanol–water partition coefficient (Wildman–Crippen LogP) is 15.7. The summed E-state index contributed by atoms with van der Waals surface area (Å²) in [6.45, 7) is 4.64. The van der Waals surface area contributed by atoms with Crippen LogP contribution in [0.4, 0.5) is 0 Å². The summed E-state index contributed by atoms with van der Waals surface area (Å²) in [5.74, 6) is -1.45. The molecule has 0 aliphatic heterocycles. The Kier molecular flexibility index (Phi) is 48.3. The highest BCUT2D eigenvalue weighted by atomic mass is 31.2. The minimum absolute atomic E-state index is 0.175. The van der Waals surface area contributed by atoms with Crippen LogP contribution in [0.2, 0.25) is 0 Å². The quantitative estimate of drug-likeness (QED) is 0.0197. The summed E-state index contributed by atoms with van der Waals surface area (Å²) in [6, 6.07) is 0. The maximum absolute atomic E-state index is 12.8. The number of esters is 3. The lowest BCUT2D eigenvalue weighted by molar-refractivity contribution is -0.161. The van der Waals surface area contributed by atoms with E-state index in [1.807, 2.05) is 0 Å². The second kappa shape index (κ2) is 49.6. The number of aliphatic hydroxyl groups excluding tert-OH is 1. The van der Waals surface area contributed by atoms with Gasteiger partial charge in [-0.1, -0.05) is 226 Å². The van der Waals surface area contributed by atoms with Gasteiger partial charge in [0, 0.05) is 19.3 Å². The van der Waals surface area contributed by atoms with Crippen LogP contribution in [0.25, 0.3) is 0 Å². The minimum Gasteiger partial charge on any atom is -0.462 e. The zero-order valence-electron chi connectivity index (χ0n) is 42.9. The molecule has 12 heteroatoms. The van der Waals surface area contributed by atoms with Crippen LogP contribution >= 0.6 is 7.82 Å². The van der Waals surface area contributed by atoms with E-state index in [0.717, 1.165) is 64.2 Å². The Morgan fingerprint density at radius 2 is 0.697 bits per heavy atom. The number of allylic oxidation sites excluding steroid dienone is 2. The fourth-order valence-corrected chi connectivity index (χ4v) is 8.72. The number of carbonyl (C=O) groups is 3. The van der Waals surface area contributed by atoms with Crippen molar-refractivity contribution in [3.05, 3.63) is 12.2 Å². The lowest BCUT2D eigenvalue weighted by atomic mass is 10.0. The average Bonchev–Trinajstić information content (AvgIpc) is 3.30. The van der Waals surface area contributed by atoms with Crippen molar-refractivity contribution in [3.8, 4) is 0 Å². The first kappa shape index (κ1) is 64.2. The monoisotopic (exact) mass is 959 g/mol. The van der Waals surface area contributed by atoms with E-state index in [9.17, 15) is 28.9 Å². The van der Waals surface area contributed by atoms with Crippen LogP contribution in [-0.4, -0.2) is 66.5 Å². The molecular formula is C54H103O11P. The molecule has 0 heterocycles. The largest absolute Gasteiger partial charge is 0.472 e. The standard InChI is InChI=1S/C54H103O11P/c1-4-7-10-13-16-19-21-23-24-25-26-28-29-32-34-37-40-43-52(56)61-47-51(65-54(58)45-42-39-36-33-30-27-22-20-17-14-11-8-5-2)49-63-66(59,60)62-48-50(46-55)64-53(57)44-41-38-35-31-18-15-12-9-6-3/h23-24,50-51,55H,4-22,25-49H2,1-3H3,(H,59,60)/b24-23-. The Morgan fingerprint density at radius 3 is 1.05 bits per heavy atom. The van der Waals surface area contributed by atoms with Crippen LogP contribution in [0.3, 0.4) is 0 Å². The summed E-state index contributed by atoms with van der Waals surface area (Å²) in [6.07, 6.45) is 46.1. The number of carbonyl (C=O) groups excluding carboxylic acids is 3. The third-order valence-corrected chi connectivity index (χ3v) is 13.1. The highest BCUT2D eigenvalue weighted by Crippen LogP contribution is 2.43. The van der Waals surface area contributed by atoms with Crippen molar-refractivity contribution >= 4 is 25.7 Å². The minimum atomic E-state index is -4.73. The lowest BCUT2D eigenvalue weighted by Crippen LogP contribution is -2.30. The lowest BCUT2D eigenvalue weighted by Gasteiger charge is -2.21. The molecule has 390 valence electrons. The summed E-state index contributed by atoms with van der Waals surface area (Å²) in [5, 5.41) is 9.75. The highest BCUT2D eigenvalue weighted by molar-refractivity contribution is 7.47. The first-order valence-corrected chi connectivity index (χ1v) is 29.1. The molecule has 0 aromatic carbocycles. The summed E-state index contributed by atoms with van der Waals surface area (Å²) in [4.78, 5) is 48.3. The van der Waals surface area contributed by atoms with E-state index in [1.165, 1.54) is 154 Å². The SMILES string of the molecule is CCCCCCCC/C=C\CCCCCCCCCC(=O)OCC(COP(=O)(O)OCC(CO)OC(=O)CCCCCCCCCCC)OC(=O)CCCCCCCCCCCCCCC. The molecule has 0 radical (unpaired) electrons.